The van der Waals surface area contributed by atoms with Crippen LogP contribution >= 0.6 is 0 Å². The molecule has 0 aliphatic rings. The summed E-state index contributed by atoms with van der Waals surface area (Å²) < 4.78 is 5.03. The van der Waals surface area contributed by atoms with Gasteiger partial charge in [0, 0.05) is 43.9 Å². The van der Waals surface area contributed by atoms with Gasteiger partial charge in [0.05, 0.1) is 12.7 Å². The van der Waals surface area contributed by atoms with Crippen molar-refractivity contribution in [3.05, 3.63) is 67.3 Å². The summed E-state index contributed by atoms with van der Waals surface area (Å²) in [5.41, 5.74) is 2.22. The maximum atomic E-state index is 12.6. The molecule has 8 heteroatoms. The summed E-state index contributed by atoms with van der Waals surface area (Å²) >= 11 is 0. The van der Waals surface area contributed by atoms with E-state index in [1.165, 1.54) is 7.11 Å². The quantitative estimate of drug-likeness (QED) is 0.590. The molecule has 29 heavy (non-hydrogen) atoms. The van der Waals surface area contributed by atoms with Crippen LogP contribution in [0.5, 0.6) is 6.01 Å². The highest BCUT2D eigenvalue weighted by atomic mass is 16.5. The summed E-state index contributed by atoms with van der Waals surface area (Å²) in [6.45, 7) is 4.30. The molecular weight excluding hydrogens is 368 g/mol. The van der Waals surface area contributed by atoms with E-state index in [1.807, 2.05) is 18.2 Å². The van der Waals surface area contributed by atoms with Gasteiger partial charge in [-0.1, -0.05) is 6.08 Å². The molecule has 3 rings (SSSR count). The number of methoxy groups -OCH3 is 1. The molecule has 0 saturated carbocycles. The van der Waals surface area contributed by atoms with Crippen molar-refractivity contribution in [2.24, 2.45) is 0 Å². The minimum absolute atomic E-state index is 0.0818. The SMILES string of the molecule is C=CCCN(C)C(=O)c1cncc(-c2ccnc(Nc3ccnc(OC)n3)c2)c1. The molecular formula is C21H22N6O2. The van der Waals surface area contributed by atoms with Crippen molar-refractivity contribution in [3.8, 4) is 17.1 Å². The van der Waals surface area contributed by atoms with Crippen molar-refractivity contribution in [2.45, 2.75) is 6.42 Å². The minimum Gasteiger partial charge on any atom is -0.467 e. The van der Waals surface area contributed by atoms with Crippen molar-refractivity contribution in [2.75, 3.05) is 26.0 Å². The van der Waals surface area contributed by atoms with Gasteiger partial charge >= 0.3 is 6.01 Å². The van der Waals surface area contributed by atoms with E-state index in [4.69, 9.17) is 4.74 Å². The van der Waals surface area contributed by atoms with Gasteiger partial charge in [0.1, 0.15) is 11.6 Å². The summed E-state index contributed by atoms with van der Waals surface area (Å²) in [5, 5.41) is 3.12. The summed E-state index contributed by atoms with van der Waals surface area (Å²) in [4.78, 5) is 31.0. The standard InChI is InChI=1S/C21H22N6O2/c1-4-5-10-27(2)20(28)17-11-16(13-22-14-17)15-6-8-23-19(12-15)25-18-7-9-24-21(26-18)29-3/h4,6-9,11-14H,1,5,10H2,2-3H3,(H,23,24,25,26). The lowest BCUT2D eigenvalue weighted by Gasteiger charge is -2.16. The third kappa shape index (κ3) is 5.13. The van der Waals surface area contributed by atoms with Gasteiger partial charge < -0.3 is 15.0 Å². The first kappa shape index (κ1) is 19.9. The summed E-state index contributed by atoms with van der Waals surface area (Å²) in [6, 6.07) is 7.53. The second-order valence-corrected chi connectivity index (χ2v) is 6.25. The lowest BCUT2D eigenvalue weighted by molar-refractivity contribution is 0.0797. The topological polar surface area (TPSA) is 93.1 Å². The Morgan fingerprint density at radius 1 is 1.17 bits per heavy atom. The lowest BCUT2D eigenvalue weighted by atomic mass is 10.1. The van der Waals surface area contributed by atoms with Gasteiger partial charge in [-0.2, -0.15) is 4.98 Å². The molecule has 3 aromatic heterocycles. The van der Waals surface area contributed by atoms with E-state index in [2.05, 4.69) is 31.8 Å². The molecule has 3 aromatic rings. The van der Waals surface area contributed by atoms with Crippen LogP contribution < -0.4 is 10.1 Å². The van der Waals surface area contributed by atoms with Gasteiger partial charge in [0.25, 0.3) is 5.91 Å². The third-order valence-corrected chi connectivity index (χ3v) is 4.17. The van der Waals surface area contributed by atoms with Crippen LogP contribution in [0.25, 0.3) is 11.1 Å². The summed E-state index contributed by atoms with van der Waals surface area (Å²) in [5.74, 6) is 1.08. The van der Waals surface area contributed by atoms with E-state index < -0.39 is 0 Å². The smallest absolute Gasteiger partial charge is 0.318 e. The molecule has 0 aliphatic heterocycles. The maximum absolute atomic E-state index is 12.6. The molecule has 1 N–H and O–H groups in total. The van der Waals surface area contributed by atoms with Crippen molar-refractivity contribution in [3.63, 3.8) is 0 Å². The summed E-state index contributed by atoms with van der Waals surface area (Å²) in [7, 11) is 3.27. The van der Waals surface area contributed by atoms with Crippen LogP contribution in [0.3, 0.4) is 0 Å². The predicted molar refractivity (Wildman–Crippen MR) is 111 cm³/mol. The largest absolute Gasteiger partial charge is 0.467 e. The third-order valence-electron chi connectivity index (χ3n) is 4.17. The average molecular weight is 390 g/mol. The Morgan fingerprint density at radius 2 is 2.00 bits per heavy atom. The van der Waals surface area contributed by atoms with Gasteiger partial charge in [-0.25, -0.2) is 9.97 Å². The number of aromatic nitrogens is 4. The predicted octanol–water partition coefficient (Wildman–Crippen LogP) is 3.33. The van der Waals surface area contributed by atoms with Crippen LogP contribution in [0.1, 0.15) is 16.8 Å². The number of pyridine rings is 2. The highest BCUT2D eigenvalue weighted by Gasteiger charge is 2.13. The van der Waals surface area contributed by atoms with Gasteiger partial charge in [0.2, 0.25) is 0 Å². The van der Waals surface area contributed by atoms with E-state index in [0.29, 0.717) is 23.7 Å². The molecule has 0 aliphatic carbocycles. The molecule has 0 unspecified atom stereocenters. The number of hydrogen-bond acceptors (Lipinski definition) is 7. The van der Waals surface area contributed by atoms with Crippen molar-refractivity contribution in [1.82, 2.24) is 24.8 Å². The number of carbonyl (C=O) groups is 1. The first-order chi connectivity index (χ1) is 14.1. The van der Waals surface area contributed by atoms with Gasteiger partial charge in [0.15, 0.2) is 0 Å². The average Bonchev–Trinajstić information content (AvgIpc) is 2.77. The zero-order valence-corrected chi connectivity index (χ0v) is 16.4. The molecule has 0 bridgehead atoms. The Kier molecular flexibility index (Phi) is 6.47. The molecule has 1 amide bonds. The zero-order valence-electron chi connectivity index (χ0n) is 16.4. The van der Waals surface area contributed by atoms with Crippen LogP contribution in [0.2, 0.25) is 0 Å². The fourth-order valence-corrected chi connectivity index (χ4v) is 2.64. The molecule has 0 aromatic carbocycles. The number of anilines is 2. The number of rotatable bonds is 8. The number of carbonyl (C=O) groups excluding carboxylic acids is 1. The highest BCUT2D eigenvalue weighted by Crippen LogP contribution is 2.23. The molecule has 0 radical (unpaired) electrons. The van der Waals surface area contributed by atoms with Crippen LogP contribution in [0.15, 0.2) is 61.7 Å². The Bertz CT molecular complexity index is 1010. The molecule has 8 nitrogen and oxygen atoms in total. The first-order valence-corrected chi connectivity index (χ1v) is 9.02. The fraction of sp³-hybridized carbons (Fsp3) is 0.190. The Hall–Kier alpha value is -3.81. The number of ether oxygens (including phenoxy) is 1. The van der Waals surface area contributed by atoms with Crippen LogP contribution in [0.4, 0.5) is 11.6 Å². The minimum atomic E-state index is -0.0818. The first-order valence-electron chi connectivity index (χ1n) is 9.02. The fourth-order valence-electron chi connectivity index (χ4n) is 2.64. The number of amides is 1. The normalized spacial score (nSPS) is 10.3. The second-order valence-electron chi connectivity index (χ2n) is 6.25. The Labute approximate surface area is 169 Å². The molecule has 3 heterocycles. The number of nitrogens with zero attached hydrogens (tertiary/aromatic N) is 5. The lowest BCUT2D eigenvalue weighted by Crippen LogP contribution is -2.27. The Balaban J connectivity index is 1.81. The van der Waals surface area contributed by atoms with Crippen molar-refractivity contribution >= 4 is 17.5 Å². The van der Waals surface area contributed by atoms with Gasteiger partial charge in [-0.05, 0) is 36.2 Å². The van der Waals surface area contributed by atoms with Crippen LogP contribution in [-0.4, -0.2) is 51.4 Å². The van der Waals surface area contributed by atoms with Crippen molar-refractivity contribution < 1.29 is 9.53 Å². The molecule has 0 spiro atoms. The van der Waals surface area contributed by atoms with Crippen LogP contribution in [0, 0.1) is 0 Å². The summed E-state index contributed by atoms with van der Waals surface area (Å²) in [6.07, 6.45) is 9.09. The van der Waals surface area contributed by atoms with Crippen molar-refractivity contribution in [1.29, 1.82) is 0 Å². The molecule has 0 atom stereocenters. The highest BCUT2D eigenvalue weighted by molar-refractivity contribution is 5.95. The van der Waals surface area contributed by atoms with E-state index in [0.717, 1.165) is 17.5 Å². The van der Waals surface area contributed by atoms with Crippen LogP contribution in [-0.2, 0) is 0 Å². The van der Waals surface area contributed by atoms with E-state index >= 15 is 0 Å². The number of hydrogen-bond donors (Lipinski definition) is 1. The van der Waals surface area contributed by atoms with Gasteiger partial charge in [-0.15, -0.1) is 6.58 Å². The van der Waals surface area contributed by atoms with E-state index in [1.54, 1.807) is 48.9 Å². The Morgan fingerprint density at radius 3 is 2.79 bits per heavy atom. The monoisotopic (exact) mass is 390 g/mol. The second kappa shape index (κ2) is 9.41. The molecule has 0 fully saturated rings. The maximum Gasteiger partial charge on any atom is 0.318 e. The van der Waals surface area contributed by atoms with E-state index in [-0.39, 0.29) is 11.9 Å². The molecule has 148 valence electrons. The van der Waals surface area contributed by atoms with E-state index in [9.17, 15) is 4.79 Å². The number of nitrogens with one attached hydrogen (secondary N) is 1. The molecule has 0 saturated heterocycles. The zero-order chi connectivity index (χ0) is 20.6. The van der Waals surface area contributed by atoms with Gasteiger partial charge in [-0.3, -0.25) is 9.78 Å².